The number of rotatable bonds is 4. The summed E-state index contributed by atoms with van der Waals surface area (Å²) in [6, 6.07) is 27.2. The summed E-state index contributed by atoms with van der Waals surface area (Å²) < 4.78 is 0. The van der Waals surface area contributed by atoms with E-state index in [4.69, 9.17) is 0 Å². The van der Waals surface area contributed by atoms with Crippen LogP contribution in [-0.4, -0.2) is 47.5 Å². The van der Waals surface area contributed by atoms with Crippen LogP contribution in [0.15, 0.2) is 84.9 Å². The van der Waals surface area contributed by atoms with Crippen molar-refractivity contribution in [2.45, 2.75) is 12.1 Å². The predicted molar refractivity (Wildman–Crippen MR) is 117 cm³/mol. The first-order valence-corrected chi connectivity index (χ1v) is 10.5. The van der Waals surface area contributed by atoms with Crippen molar-refractivity contribution in [3.63, 3.8) is 0 Å². The molecular formula is C26H24N2O2. The number of carbonyl (C=O) groups is 2. The second-order valence-electron chi connectivity index (χ2n) is 8.03. The lowest BCUT2D eigenvalue weighted by Crippen LogP contribution is -2.60. The van der Waals surface area contributed by atoms with Crippen LogP contribution in [-0.2, 0) is 12.1 Å². The Bertz CT molecular complexity index is 1040. The molecule has 0 atom stereocenters. The average molecular weight is 396 g/mol. The molecule has 1 aliphatic heterocycles. The number of piperazine rings is 1. The van der Waals surface area contributed by atoms with Gasteiger partial charge in [0.1, 0.15) is 0 Å². The van der Waals surface area contributed by atoms with E-state index in [9.17, 15) is 9.59 Å². The number of benzene rings is 3. The fourth-order valence-corrected chi connectivity index (χ4v) is 4.87. The van der Waals surface area contributed by atoms with E-state index in [1.54, 1.807) is 12.1 Å². The summed E-state index contributed by atoms with van der Waals surface area (Å²) in [5, 5.41) is 0. The van der Waals surface area contributed by atoms with Gasteiger partial charge in [-0.2, -0.15) is 0 Å². The lowest BCUT2D eigenvalue weighted by atomic mass is 9.82. The Labute approximate surface area is 176 Å². The second-order valence-corrected chi connectivity index (χ2v) is 8.03. The van der Waals surface area contributed by atoms with Crippen LogP contribution in [0.4, 0.5) is 0 Å². The third-order valence-corrected chi connectivity index (χ3v) is 6.36. The molecule has 150 valence electrons. The number of hydrogen-bond acceptors (Lipinski definition) is 4. The molecule has 30 heavy (non-hydrogen) atoms. The van der Waals surface area contributed by atoms with E-state index in [1.165, 1.54) is 5.56 Å². The Morgan fingerprint density at radius 3 is 1.70 bits per heavy atom. The molecule has 3 aromatic carbocycles. The van der Waals surface area contributed by atoms with Gasteiger partial charge in [-0.1, -0.05) is 84.9 Å². The number of Topliss-reactive ketones (excluding diaryl/α,β-unsaturated/α-hetero) is 2. The minimum atomic E-state index is -1.25. The van der Waals surface area contributed by atoms with Crippen molar-refractivity contribution in [1.82, 2.24) is 9.80 Å². The molecule has 1 saturated heterocycles. The highest BCUT2D eigenvalue weighted by molar-refractivity contribution is 6.32. The van der Waals surface area contributed by atoms with Crippen LogP contribution >= 0.6 is 0 Å². The Hall–Kier alpha value is -3.08. The third-order valence-electron chi connectivity index (χ3n) is 6.36. The number of ketones is 2. The molecule has 5 rings (SSSR count). The molecule has 0 unspecified atom stereocenters. The molecule has 4 heteroatoms. The Balaban J connectivity index is 1.47. The van der Waals surface area contributed by atoms with Crippen LogP contribution in [0.2, 0.25) is 0 Å². The summed E-state index contributed by atoms with van der Waals surface area (Å²) in [4.78, 5) is 31.9. The van der Waals surface area contributed by atoms with E-state index >= 15 is 0 Å². The van der Waals surface area contributed by atoms with Crippen molar-refractivity contribution in [3.05, 3.63) is 107 Å². The maximum absolute atomic E-state index is 13.7. The lowest BCUT2D eigenvalue weighted by Gasteiger charge is -2.44. The van der Waals surface area contributed by atoms with Gasteiger partial charge in [0.15, 0.2) is 17.1 Å². The number of carbonyl (C=O) groups excluding carboxylic acids is 2. The molecule has 0 amide bonds. The number of nitrogens with zero attached hydrogens (tertiary/aromatic N) is 2. The first kappa shape index (κ1) is 18.9. The molecule has 1 heterocycles. The van der Waals surface area contributed by atoms with E-state index in [1.807, 2.05) is 48.5 Å². The maximum Gasteiger partial charge on any atom is 0.196 e. The minimum absolute atomic E-state index is 0.0918. The summed E-state index contributed by atoms with van der Waals surface area (Å²) in [6.07, 6.45) is 0. The zero-order chi connectivity index (χ0) is 20.6. The molecule has 0 aromatic heterocycles. The van der Waals surface area contributed by atoms with Crippen molar-refractivity contribution in [2.24, 2.45) is 0 Å². The van der Waals surface area contributed by atoms with E-state index in [2.05, 4.69) is 34.1 Å². The molecule has 0 bridgehead atoms. The predicted octanol–water partition coefficient (Wildman–Crippen LogP) is 3.78. The quantitative estimate of drug-likeness (QED) is 0.630. The van der Waals surface area contributed by atoms with Crippen molar-refractivity contribution in [3.8, 4) is 0 Å². The normalized spacial score (nSPS) is 19.1. The summed E-state index contributed by atoms with van der Waals surface area (Å²) in [5.41, 5.74) is 1.89. The molecule has 2 aliphatic rings. The maximum atomic E-state index is 13.7. The Morgan fingerprint density at radius 2 is 1.13 bits per heavy atom. The zero-order valence-electron chi connectivity index (χ0n) is 16.8. The van der Waals surface area contributed by atoms with Crippen LogP contribution in [0, 0.1) is 0 Å². The average Bonchev–Trinajstić information content (AvgIpc) is 3.04. The van der Waals surface area contributed by atoms with Crippen LogP contribution in [0.3, 0.4) is 0 Å². The second kappa shape index (κ2) is 7.63. The first-order chi connectivity index (χ1) is 14.7. The van der Waals surface area contributed by atoms with E-state index in [-0.39, 0.29) is 11.6 Å². The van der Waals surface area contributed by atoms with Gasteiger partial charge in [-0.15, -0.1) is 0 Å². The van der Waals surface area contributed by atoms with Crippen molar-refractivity contribution in [2.75, 3.05) is 26.2 Å². The van der Waals surface area contributed by atoms with Gasteiger partial charge in [0.25, 0.3) is 0 Å². The van der Waals surface area contributed by atoms with Crippen molar-refractivity contribution >= 4 is 11.6 Å². The third kappa shape index (κ3) is 2.92. The van der Waals surface area contributed by atoms with Crippen LogP contribution < -0.4 is 0 Å². The highest BCUT2D eigenvalue weighted by atomic mass is 16.2. The summed E-state index contributed by atoms with van der Waals surface area (Å²) in [6.45, 7) is 3.87. The van der Waals surface area contributed by atoms with Crippen LogP contribution in [0.25, 0.3) is 0 Å². The van der Waals surface area contributed by atoms with E-state index in [0.29, 0.717) is 24.2 Å². The number of fused-ring (bicyclic) bond motifs is 1. The van der Waals surface area contributed by atoms with Crippen molar-refractivity contribution in [1.29, 1.82) is 0 Å². The number of hydrogen-bond donors (Lipinski definition) is 0. The van der Waals surface area contributed by atoms with Gasteiger partial charge in [0, 0.05) is 43.9 Å². The van der Waals surface area contributed by atoms with Gasteiger partial charge >= 0.3 is 0 Å². The monoisotopic (exact) mass is 396 g/mol. The van der Waals surface area contributed by atoms with Gasteiger partial charge in [-0.05, 0) is 11.1 Å². The fourth-order valence-electron chi connectivity index (χ4n) is 4.87. The topological polar surface area (TPSA) is 40.6 Å². The smallest absolute Gasteiger partial charge is 0.196 e. The molecule has 0 radical (unpaired) electrons. The standard InChI is InChI=1S/C26H24N2O2/c29-24-22-13-7-8-14-23(22)25(30)26(24,21-11-5-2-6-12-21)28-17-15-27(16-18-28)19-20-9-3-1-4-10-20/h1-14H,15-19H2. The largest absolute Gasteiger partial charge is 0.297 e. The summed E-state index contributed by atoms with van der Waals surface area (Å²) >= 11 is 0. The molecule has 0 N–H and O–H groups in total. The van der Waals surface area contributed by atoms with E-state index in [0.717, 1.165) is 25.2 Å². The SMILES string of the molecule is O=C1c2ccccc2C(=O)C1(c1ccccc1)N1CCN(Cc2ccccc2)CC1. The molecule has 1 aliphatic carbocycles. The molecule has 1 fully saturated rings. The Kier molecular flexibility index (Phi) is 4.81. The zero-order valence-corrected chi connectivity index (χ0v) is 16.8. The van der Waals surface area contributed by atoms with Gasteiger partial charge < -0.3 is 0 Å². The highest BCUT2D eigenvalue weighted by Gasteiger charge is 2.58. The van der Waals surface area contributed by atoms with Gasteiger partial charge in [0.2, 0.25) is 0 Å². The lowest BCUT2D eigenvalue weighted by molar-refractivity contribution is 0.0279. The molecule has 3 aromatic rings. The Morgan fingerprint density at radius 1 is 0.633 bits per heavy atom. The molecule has 0 spiro atoms. The highest BCUT2D eigenvalue weighted by Crippen LogP contribution is 2.42. The van der Waals surface area contributed by atoms with Crippen LogP contribution in [0.5, 0.6) is 0 Å². The van der Waals surface area contributed by atoms with Crippen LogP contribution in [0.1, 0.15) is 31.8 Å². The molecule has 4 nitrogen and oxygen atoms in total. The van der Waals surface area contributed by atoms with E-state index < -0.39 is 5.54 Å². The first-order valence-electron chi connectivity index (χ1n) is 10.5. The molecule has 0 saturated carbocycles. The minimum Gasteiger partial charge on any atom is -0.297 e. The van der Waals surface area contributed by atoms with Crippen molar-refractivity contribution < 1.29 is 9.59 Å². The fraction of sp³-hybridized carbons (Fsp3) is 0.231. The summed E-state index contributed by atoms with van der Waals surface area (Å²) in [5.74, 6) is -0.184. The van der Waals surface area contributed by atoms with Gasteiger partial charge in [-0.3, -0.25) is 19.4 Å². The van der Waals surface area contributed by atoms with Gasteiger partial charge in [-0.25, -0.2) is 0 Å². The van der Waals surface area contributed by atoms with Gasteiger partial charge in [0.05, 0.1) is 0 Å². The summed E-state index contributed by atoms with van der Waals surface area (Å²) in [7, 11) is 0. The molecular weight excluding hydrogens is 372 g/mol.